The molecule has 3 rings (SSSR count). The minimum atomic E-state index is -8.87. The van der Waals surface area contributed by atoms with E-state index in [4.69, 9.17) is 0 Å². The second kappa shape index (κ2) is 9.73. The molecule has 1 atom stereocenters. The first kappa shape index (κ1) is 36.9. The first-order valence-electron chi connectivity index (χ1n) is 10.5. The maximum absolute atomic E-state index is 15.2. The van der Waals surface area contributed by atoms with Crippen molar-refractivity contribution >= 4 is 5.78 Å². The number of fused-ring (bicyclic) bond motifs is 1. The highest BCUT2D eigenvalue weighted by Crippen LogP contribution is 2.67. The predicted molar refractivity (Wildman–Crippen MR) is 93.5 cm³/mol. The summed E-state index contributed by atoms with van der Waals surface area (Å²) < 4.78 is 336. The van der Waals surface area contributed by atoms with Gasteiger partial charge in [0.15, 0.2) is 34.9 Å². The molecule has 0 bridgehead atoms. The fourth-order valence-electron chi connectivity index (χ4n) is 4.07. The van der Waals surface area contributed by atoms with Gasteiger partial charge in [-0.3, -0.25) is 4.79 Å². The lowest BCUT2D eigenvalue weighted by Crippen LogP contribution is -2.77. The van der Waals surface area contributed by atoms with Gasteiger partial charge in [-0.2, -0.15) is 65.9 Å². The highest BCUT2D eigenvalue weighted by atomic mass is 19.4. The van der Waals surface area contributed by atoms with E-state index in [0.717, 1.165) is 0 Å². The molecule has 2 aromatic carbocycles. The molecule has 0 amide bonds. The average Bonchev–Trinajstić information content (AvgIpc) is 2.89. The van der Waals surface area contributed by atoms with Crippen LogP contribution in [-0.2, 0) is 11.8 Å². The van der Waals surface area contributed by atoms with Crippen molar-refractivity contribution in [3.8, 4) is 0 Å². The molecule has 0 heterocycles. The van der Waals surface area contributed by atoms with Crippen LogP contribution in [-0.4, -0.2) is 41.3 Å². The number of carbonyl (C=O) groups excluding carboxylic acids is 1. The highest BCUT2D eigenvalue weighted by Gasteiger charge is 2.95. The molecule has 0 aliphatic heterocycles. The van der Waals surface area contributed by atoms with Crippen molar-refractivity contribution in [2.24, 2.45) is 0 Å². The molecular weight excluding hydrogens is 724 g/mol. The molecule has 1 unspecified atom stereocenters. The van der Waals surface area contributed by atoms with Gasteiger partial charge in [-0.05, 0) is 0 Å². The van der Waals surface area contributed by atoms with Crippen molar-refractivity contribution in [3.63, 3.8) is 0 Å². The van der Waals surface area contributed by atoms with Crippen molar-refractivity contribution in [2.75, 3.05) is 0 Å². The van der Waals surface area contributed by atoms with Crippen molar-refractivity contribution in [1.29, 1.82) is 0 Å². The molecule has 0 aromatic heterocycles. The lowest BCUT2D eigenvalue weighted by atomic mass is 9.68. The van der Waals surface area contributed by atoms with Gasteiger partial charge < -0.3 is 0 Å². The number of halogens is 24. The molecule has 46 heavy (non-hydrogen) atoms. The zero-order chi connectivity index (χ0) is 36.5. The standard InChI is InChI=1S/C21F24O/c22-5-1-2(6(23)7(24)3(5)14(30,31)4-8(25)10(27)12(29)11(28)9(4)26)16(33,34)17(35,36)15(32,13(1)46)18(37,38)19(39,40)20(41,42)21(43,44)45. The Hall–Kier alpha value is -3.57. The van der Waals surface area contributed by atoms with Crippen LogP contribution in [0.25, 0.3) is 0 Å². The van der Waals surface area contributed by atoms with Crippen molar-refractivity contribution in [2.45, 2.75) is 47.4 Å². The number of Topliss-reactive ketones (excluding diaryl/α,β-unsaturated/α-hetero) is 1. The van der Waals surface area contributed by atoms with Crippen LogP contribution in [0.2, 0.25) is 0 Å². The number of rotatable bonds is 5. The molecule has 0 saturated heterocycles. The molecule has 0 N–H and O–H groups in total. The Labute approximate surface area is 233 Å². The van der Waals surface area contributed by atoms with Crippen LogP contribution in [0.5, 0.6) is 0 Å². The van der Waals surface area contributed by atoms with Crippen LogP contribution >= 0.6 is 0 Å². The van der Waals surface area contributed by atoms with E-state index >= 15 is 8.78 Å². The fourth-order valence-corrected chi connectivity index (χ4v) is 4.07. The van der Waals surface area contributed by atoms with E-state index in [9.17, 15) is 101 Å². The summed E-state index contributed by atoms with van der Waals surface area (Å²) in [6.45, 7) is 0. The summed E-state index contributed by atoms with van der Waals surface area (Å²) in [6.07, 6.45) is -8.05. The van der Waals surface area contributed by atoms with Gasteiger partial charge in [-0.1, -0.05) is 0 Å². The zero-order valence-corrected chi connectivity index (χ0v) is 20.0. The van der Waals surface area contributed by atoms with Crippen LogP contribution in [0.3, 0.4) is 0 Å². The second-order valence-corrected chi connectivity index (χ2v) is 8.94. The topological polar surface area (TPSA) is 17.1 Å². The third kappa shape index (κ3) is 3.93. The maximum atomic E-state index is 15.2. The van der Waals surface area contributed by atoms with E-state index in [1.54, 1.807) is 0 Å². The molecule has 0 radical (unpaired) electrons. The van der Waals surface area contributed by atoms with Crippen molar-refractivity contribution < 1.29 is 110 Å². The number of benzene rings is 2. The molecule has 0 spiro atoms. The minimum Gasteiger partial charge on any atom is -0.290 e. The maximum Gasteiger partial charge on any atom is 0.460 e. The summed E-state index contributed by atoms with van der Waals surface area (Å²) in [6, 6.07) is 0. The Morgan fingerprint density at radius 1 is 0.457 bits per heavy atom. The molecule has 0 saturated carbocycles. The Morgan fingerprint density at radius 3 is 1.20 bits per heavy atom. The van der Waals surface area contributed by atoms with E-state index in [1.807, 2.05) is 0 Å². The smallest absolute Gasteiger partial charge is 0.290 e. The molecule has 2 aromatic rings. The number of hydrogen-bond acceptors (Lipinski definition) is 1. The van der Waals surface area contributed by atoms with Crippen molar-refractivity contribution in [1.82, 2.24) is 0 Å². The average molecular weight is 724 g/mol. The lowest BCUT2D eigenvalue weighted by Gasteiger charge is -2.47. The molecule has 25 heteroatoms. The molecular formula is C21F24O. The zero-order valence-electron chi connectivity index (χ0n) is 20.0. The molecule has 1 nitrogen and oxygen atoms in total. The molecule has 258 valence electrons. The SMILES string of the molecule is O=C1c2c(F)c(C(F)(F)c3c(F)c(F)c(F)c(F)c3F)c(F)c(F)c2C(F)(F)C(F)(F)C1(F)C(F)(F)C(F)(F)C(F)(F)C(F)(F)F. The predicted octanol–water partition coefficient (Wildman–Crippen LogP) is 9.04. The Balaban J connectivity index is 2.58. The van der Waals surface area contributed by atoms with Gasteiger partial charge in [0.05, 0.1) is 11.1 Å². The normalized spacial score (nSPS) is 20.7. The van der Waals surface area contributed by atoms with E-state index in [2.05, 4.69) is 0 Å². The third-order valence-electron chi connectivity index (χ3n) is 6.42. The third-order valence-corrected chi connectivity index (χ3v) is 6.42. The first-order valence-corrected chi connectivity index (χ1v) is 10.5. The summed E-state index contributed by atoms with van der Waals surface area (Å²) in [5.74, 6) is -84.6. The van der Waals surface area contributed by atoms with Crippen LogP contribution in [0, 0.1) is 46.5 Å². The van der Waals surface area contributed by atoms with Gasteiger partial charge in [-0.15, -0.1) is 0 Å². The largest absolute Gasteiger partial charge is 0.460 e. The molecule has 1 aliphatic carbocycles. The Morgan fingerprint density at radius 2 is 0.804 bits per heavy atom. The Kier molecular flexibility index (Phi) is 7.80. The number of hydrogen-bond donors (Lipinski definition) is 0. The highest BCUT2D eigenvalue weighted by molar-refractivity contribution is 6.07. The fraction of sp³-hybridized carbons (Fsp3) is 0.381. The number of alkyl halides is 16. The van der Waals surface area contributed by atoms with Gasteiger partial charge >= 0.3 is 47.4 Å². The quantitative estimate of drug-likeness (QED) is 0.171. The summed E-state index contributed by atoms with van der Waals surface area (Å²) in [5, 5.41) is 0. The number of carbonyl (C=O) groups is 1. The van der Waals surface area contributed by atoms with E-state index in [-0.39, 0.29) is 0 Å². The van der Waals surface area contributed by atoms with E-state index in [0.29, 0.717) is 0 Å². The van der Waals surface area contributed by atoms with Crippen molar-refractivity contribution in [3.05, 3.63) is 68.8 Å². The van der Waals surface area contributed by atoms with Gasteiger partial charge in [-0.25, -0.2) is 39.5 Å². The summed E-state index contributed by atoms with van der Waals surface area (Å²) in [5.41, 5.74) is -24.8. The Bertz CT molecular complexity index is 1620. The summed E-state index contributed by atoms with van der Waals surface area (Å²) >= 11 is 0. The molecule has 0 fully saturated rings. The number of ketones is 1. The van der Waals surface area contributed by atoms with Gasteiger partial charge in [0.1, 0.15) is 16.9 Å². The second-order valence-electron chi connectivity index (χ2n) is 8.94. The van der Waals surface area contributed by atoms with E-state index in [1.165, 1.54) is 0 Å². The first-order chi connectivity index (χ1) is 20.2. The minimum absolute atomic E-state index is 3.31. The van der Waals surface area contributed by atoms with Crippen LogP contribution in [0.15, 0.2) is 0 Å². The van der Waals surface area contributed by atoms with Gasteiger partial charge in [0, 0.05) is 0 Å². The van der Waals surface area contributed by atoms with Gasteiger partial charge in [0.25, 0.3) is 0 Å². The van der Waals surface area contributed by atoms with E-state index < -0.39 is 122 Å². The van der Waals surface area contributed by atoms with Crippen LogP contribution < -0.4 is 0 Å². The van der Waals surface area contributed by atoms with Crippen LogP contribution in [0.1, 0.15) is 27.0 Å². The monoisotopic (exact) mass is 724 g/mol. The summed E-state index contributed by atoms with van der Waals surface area (Å²) in [7, 11) is 0. The summed E-state index contributed by atoms with van der Waals surface area (Å²) in [4.78, 5) is 12.3. The van der Waals surface area contributed by atoms with Gasteiger partial charge in [0.2, 0.25) is 11.6 Å². The lowest BCUT2D eigenvalue weighted by molar-refractivity contribution is -0.426. The van der Waals surface area contributed by atoms with Crippen LogP contribution in [0.4, 0.5) is 105 Å². The molecule has 1 aliphatic rings.